The summed E-state index contributed by atoms with van der Waals surface area (Å²) in [6, 6.07) is 1.09. The molecule has 0 spiro atoms. The zero-order valence-corrected chi connectivity index (χ0v) is 9.54. The second kappa shape index (κ2) is 6.38. The highest BCUT2D eigenvalue weighted by atomic mass is 16.5. The van der Waals surface area contributed by atoms with Crippen molar-refractivity contribution in [1.82, 2.24) is 4.90 Å². The van der Waals surface area contributed by atoms with Crippen LogP contribution in [0.2, 0.25) is 0 Å². The minimum Gasteiger partial charge on any atom is -0.382 e. The molecule has 1 aliphatic rings. The van der Waals surface area contributed by atoms with E-state index in [4.69, 9.17) is 10.5 Å². The van der Waals surface area contributed by atoms with E-state index in [0.717, 1.165) is 32.7 Å². The third-order valence-corrected chi connectivity index (χ3v) is 2.99. The van der Waals surface area contributed by atoms with E-state index in [1.807, 2.05) is 6.92 Å². The lowest BCUT2D eigenvalue weighted by molar-refractivity contribution is 0.105. The van der Waals surface area contributed by atoms with Gasteiger partial charge in [0.25, 0.3) is 0 Å². The van der Waals surface area contributed by atoms with Gasteiger partial charge in [0.05, 0.1) is 0 Å². The summed E-state index contributed by atoms with van der Waals surface area (Å²) >= 11 is 0. The Bertz CT molecular complexity index is 152. The predicted octanol–water partition coefficient (Wildman–Crippen LogP) is 1.22. The molecule has 3 heteroatoms. The van der Waals surface area contributed by atoms with Crippen LogP contribution in [0.1, 0.15) is 33.1 Å². The molecule has 2 N–H and O–H groups in total. The minimum absolute atomic E-state index is 0.387. The molecule has 1 heterocycles. The molecule has 0 bridgehead atoms. The normalized spacial score (nSPS) is 29.4. The largest absolute Gasteiger partial charge is 0.382 e. The zero-order chi connectivity index (χ0) is 10.4. The first-order valence-electron chi connectivity index (χ1n) is 5.81. The molecule has 0 aromatic heterocycles. The van der Waals surface area contributed by atoms with Gasteiger partial charge < -0.3 is 10.5 Å². The summed E-state index contributed by atoms with van der Waals surface area (Å²) < 4.78 is 5.33. The van der Waals surface area contributed by atoms with E-state index in [1.54, 1.807) is 0 Å². The van der Waals surface area contributed by atoms with Crippen LogP contribution in [0.4, 0.5) is 0 Å². The van der Waals surface area contributed by atoms with Gasteiger partial charge in [-0.05, 0) is 33.1 Å². The average Bonchev–Trinajstić information content (AvgIpc) is 2.18. The maximum atomic E-state index is 5.94. The average molecular weight is 200 g/mol. The molecule has 1 aliphatic heterocycles. The smallest absolute Gasteiger partial charge is 0.0478 e. The first kappa shape index (κ1) is 12.0. The molecule has 1 saturated heterocycles. The summed E-state index contributed by atoms with van der Waals surface area (Å²) in [5, 5.41) is 0. The number of likely N-dealkylation sites (tertiary alicyclic amines) is 1. The van der Waals surface area contributed by atoms with Gasteiger partial charge in [0.15, 0.2) is 0 Å². The first-order valence-corrected chi connectivity index (χ1v) is 5.81. The zero-order valence-electron chi connectivity index (χ0n) is 9.54. The van der Waals surface area contributed by atoms with E-state index < -0.39 is 0 Å². The Labute approximate surface area is 87.6 Å². The number of hydrogen-bond donors (Lipinski definition) is 1. The molecule has 0 radical (unpaired) electrons. The van der Waals surface area contributed by atoms with Crippen LogP contribution in [0.25, 0.3) is 0 Å². The Balaban J connectivity index is 2.14. The van der Waals surface area contributed by atoms with Crippen molar-refractivity contribution >= 4 is 0 Å². The van der Waals surface area contributed by atoms with E-state index >= 15 is 0 Å². The highest BCUT2D eigenvalue weighted by Crippen LogP contribution is 2.15. The highest BCUT2D eigenvalue weighted by molar-refractivity contribution is 4.80. The van der Waals surface area contributed by atoms with Gasteiger partial charge in [0.2, 0.25) is 0 Å². The van der Waals surface area contributed by atoms with Gasteiger partial charge in [-0.25, -0.2) is 0 Å². The van der Waals surface area contributed by atoms with Crippen molar-refractivity contribution in [3.63, 3.8) is 0 Å². The lowest BCUT2D eigenvalue weighted by atomic mass is 10.00. The molecule has 0 amide bonds. The molecule has 1 fully saturated rings. The number of hydrogen-bond acceptors (Lipinski definition) is 3. The quantitative estimate of drug-likeness (QED) is 0.678. The van der Waals surface area contributed by atoms with E-state index in [0.29, 0.717) is 12.1 Å². The fourth-order valence-corrected chi connectivity index (χ4v) is 2.04. The standard InChI is InChI=1S/C11H24N2O/c1-3-14-8-4-7-13-9-11(12)6-5-10(13)2/h10-11H,3-9,12H2,1-2H3. The Morgan fingerprint density at radius 1 is 1.43 bits per heavy atom. The van der Waals surface area contributed by atoms with Crippen LogP contribution in [0.3, 0.4) is 0 Å². The maximum absolute atomic E-state index is 5.94. The number of nitrogens with zero attached hydrogens (tertiary/aromatic N) is 1. The van der Waals surface area contributed by atoms with E-state index in [2.05, 4.69) is 11.8 Å². The van der Waals surface area contributed by atoms with Crippen molar-refractivity contribution in [3.05, 3.63) is 0 Å². The molecule has 0 aliphatic carbocycles. The number of nitrogens with two attached hydrogens (primary N) is 1. The van der Waals surface area contributed by atoms with Gasteiger partial charge >= 0.3 is 0 Å². The third kappa shape index (κ3) is 3.95. The second-order valence-electron chi connectivity index (χ2n) is 4.23. The van der Waals surface area contributed by atoms with Crippen LogP contribution >= 0.6 is 0 Å². The Kier molecular flexibility index (Phi) is 5.45. The fourth-order valence-electron chi connectivity index (χ4n) is 2.04. The molecule has 14 heavy (non-hydrogen) atoms. The molecule has 84 valence electrons. The van der Waals surface area contributed by atoms with Crippen LogP contribution in [0.15, 0.2) is 0 Å². The predicted molar refractivity (Wildman–Crippen MR) is 59.4 cm³/mol. The Morgan fingerprint density at radius 2 is 2.21 bits per heavy atom. The molecule has 0 aromatic carbocycles. The summed E-state index contributed by atoms with van der Waals surface area (Å²) in [6.07, 6.45) is 3.56. The Morgan fingerprint density at radius 3 is 2.93 bits per heavy atom. The topological polar surface area (TPSA) is 38.5 Å². The van der Waals surface area contributed by atoms with E-state index in [-0.39, 0.29) is 0 Å². The summed E-state index contributed by atoms with van der Waals surface area (Å²) in [6.45, 7) is 8.25. The Hall–Kier alpha value is -0.120. The van der Waals surface area contributed by atoms with Crippen molar-refractivity contribution in [2.24, 2.45) is 5.73 Å². The highest BCUT2D eigenvalue weighted by Gasteiger charge is 2.22. The lowest BCUT2D eigenvalue weighted by Gasteiger charge is -2.36. The number of piperidine rings is 1. The molecule has 1 rings (SSSR count). The summed E-state index contributed by atoms with van der Waals surface area (Å²) in [4.78, 5) is 2.49. The lowest BCUT2D eigenvalue weighted by Crippen LogP contribution is -2.47. The summed E-state index contributed by atoms with van der Waals surface area (Å²) in [7, 11) is 0. The van der Waals surface area contributed by atoms with Gasteiger partial charge in [-0.2, -0.15) is 0 Å². The molecular formula is C11H24N2O. The second-order valence-corrected chi connectivity index (χ2v) is 4.23. The molecular weight excluding hydrogens is 176 g/mol. The van der Waals surface area contributed by atoms with Crippen LogP contribution in [0, 0.1) is 0 Å². The molecule has 2 unspecified atom stereocenters. The van der Waals surface area contributed by atoms with Gasteiger partial charge in [-0.3, -0.25) is 4.90 Å². The summed E-state index contributed by atoms with van der Waals surface area (Å²) in [5.74, 6) is 0. The third-order valence-electron chi connectivity index (χ3n) is 2.99. The van der Waals surface area contributed by atoms with Crippen molar-refractivity contribution in [3.8, 4) is 0 Å². The van der Waals surface area contributed by atoms with Gasteiger partial charge in [0.1, 0.15) is 0 Å². The maximum Gasteiger partial charge on any atom is 0.0478 e. The van der Waals surface area contributed by atoms with Crippen LogP contribution in [0.5, 0.6) is 0 Å². The van der Waals surface area contributed by atoms with Crippen LogP contribution in [-0.4, -0.2) is 43.3 Å². The van der Waals surface area contributed by atoms with E-state index in [1.165, 1.54) is 12.8 Å². The van der Waals surface area contributed by atoms with Crippen molar-refractivity contribution in [1.29, 1.82) is 0 Å². The van der Waals surface area contributed by atoms with Crippen molar-refractivity contribution in [2.75, 3.05) is 26.3 Å². The van der Waals surface area contributed by atoms with Gasteiger partial charge in [-0.1, -0.05) is 0 Å². The van der Waals surface area contributed by atoms with Gasteiger partial charge in [0, 0.05) is 38.4 Å². The first-order chi connectivity index (χ1) is 6.74. The summed E-state index contributed by atoms with van der Waals surface area (Å²) in [5.41, 5.74) is 5.94. The molecule has 2 atom stereocenters. The number of ether oxygens (including phenoxy) is 1. The van der Waals surface area contributed by atoms with Crippen molar-refractivity contribution in [2.45, 2.75) is 45.2 Å². The van der Waals surface area contributed by atoms with Crippen LogP contribution in [-0.2, 0) is 4.74 Å². The minimum atomic E-state index is 0.387. The molecule has 0 saturated carbocycles. The molecule has 3 nitrogen and oxygen atoms in total. The van der Waals surface area contributed by atoms with Crippen LogP contribution < -0.4 is 5.73 Å². The molecule has 0 aromatic rings. The van der Waals surface area contributed by atoms with Crippen molar-refractivity contribution < 1.29 is 4.74 Å². The SMILES string of the molecule is CCOCCCN1CC(N)CCC1C. The van der Waals surface area contributed by atoms with E-state index in [9.17, 15) is 0 Å². The monoisotopic (exact) mass is 200 g/mol. The fraction of sp³-hybridized carbons (Fsp3) is 1.00. The van der Waals surface area contributed by atoms with Gasteiger partial charge in [-0.15, -0.1) is 0 Å². The number of rotatable bonds is 5.